The standard InChI is InChI=1S/C19H16Cl2N2O5/c1-19(2)18(27)23(14-5-10(17(25)26)3-4-15(14)28-19)9-16(24)22-13-7-11(20)6-12(21)8-13/h3-8H,9H2,1-2H3,(H,22,24)(H,25,26). The Labute approximate surface area is 170 Å². The number of benzene rings is 2. The van der Waals surface area contributed by atoms with Crippen LogP contribution in [-0.2, 0) is 9.59 Å². The summed E-state index contributed by atoms with van der Waals surface area (Å²) in [6.07, 6.45) is 0. The summed E-state index contributed by atoms with van der Waals surface area (Å²) >= 11 is 11.9. The molecule has 0 bridgehead atoms. The number of hydrogen-bond donors (Lipinski definition) is 2. The zero-order chi connectivity index (χ0) is 20.6. The van der Waals surface area contributed by atoms with Crippen molar-refractivity contribution in [3.05, 3.63) is 52.0 Å². The van der Waals surface area contributed by atoms with Crippen LogP contribution >= 0.6 is 23.2 Å². The number of fused-ring (bicyclic) bond motifs is 1. The van der Waals surface area contributed by atoms with Crippen molar-refractivity contribution in [1.29, 1.82) is 0 Å². The number of halogens is 2. The van der Waals surface area contributed by atoms with Crippen LogP contribution < -0.4 is 15.0 Å². The first kappa shape index (κ1) is 20.0. The van der Waals surface area contributed by atoms with Crippen LogP contribution in [0.2, 0.25) is 10.0 Å². The maximum atomic E-state index is 12.8. The molecular formula is C19H16Cl2N2O5. The number of carboxylic acids is 1. The number of carboxylic acid groups (broad SMARTS) is 1. The molecule has 0 aromatic heterocycles. The van der Waals surface area contributed by atoms with Gasteiger partial charge in [-0.2, -0.15) is 0 Å². The molecule has 9 heteroatoms. The SMILES string of the molecule is CC1(C)Oc2ccc(C(=O)O)cc2N(CC(=O)Nc2cc(Cl)cc(Cl)c2)C1=O. The second kappa shape index (κ2) is 7.33. The normalized spacial score (nSPS) is 14.9. The molecule has 146 valence electrons. The lowest BCUT2D eigenvalue weighted by atomic mass is 10.0. The van der Waals surface area contributed by atoms with Crippen LogP contribution in [0.3, 0.4) is 0 Å². The van der Waals surface area contributed by atoms with Crippen LogP contribution in [-0.4, -0.2) is 35.0 Å². The maximum Gasteiger partial charge on any atom is 0.335 e. The molecule has 2 N–H and O–H groups in total. The Bertz CT molecular complexity index is 970. The van der Waals surface area contributed by atoms with Crippen molar-refractivity contribution in [3.63, 3.8) is 0 Å². The molecule has 7 nitrogen and oxygen atoms in total. The lowest BCUT2D eigenvalue weighted by molar-refractivity contribution is -0.133. The zero-order valence-corrected chi connectivity index (χ0v) is 16.5. The first-order chi connectivity index (χ1) is 13.1. The molecule has 0 saturated heterocycles. The van der Waals surface area contributed by atoms with Crippen molar-refractivity contribution in [3.8, 4) is 5.75 Å². The van der Waals surface area contributed by atoms with Gasteiger partial charge in [-0.3, -0.25) is 14.5 Å². The molecule has 1 aliphatic heterocycles. The summed E-state index contributed by atoms with van der Waals surface area (Å²) in [5.74, 6) is -1.82. The first-order valence-electron chi connectivity index (χ1n) is 8.21. The van der Waals surface area contributed by atoms with Crippen molar-refractivity contribution in [2.75, 3.05) is 16.8 Å². The fourth-order valence-corrected chi connectivity index (χ4v) is 3.35. The molecule has 2 amide bonds. The van der Waals surface area contributed by atoms with E-state index in [1.54, 1.807) is 13.8 Å². The highest BCUT2D eigenvalue weighted by atomic mass is 35.5. The topological polar surface area (TPSA) is 95.9 Å². The summed E-state index contributed by atoms with van der Waals surface area (Å²) in [7, 11) is 0. The van der Waals surface area contributed by atoms with Crippen LogP contribution in [0.15, 0.2) is 36.4 Å². The van der Waals surface area contributed by atoms with Gasteiger partial charge < -0.3 is 15.2 Å². The van der Waals surface area contributed by atoms with Crippen molar-refractivity contribution in [2.24, 2.45) is 0 Å². The summed E-state index contributed by atoms with van der Waals surface area (Å²) in [5, 5.41) is 12.5. The Balaban J connectivity index is 1.91. The van der Waals surface area contributed by atoms with E-state index in [1.165, 1.54) is 41.3 Å². The monoisotopic (exact) mass is 422 g/mol. The van der Waals surface area contributed by atoms with E-state index in [0.29, 0.717) is 21.5 Å². The van der Waals surface area contributed by atoms with Crippen LogP contribution in [0.4, 0.5) is 11.4 Å². The molecule has 0 spiro atoms. The van der Waals surface area contributed by atoms with Crippen molar-refractivity contribution < 1.29 is 24.2 Å². The van der Waals surface area contributed by atoms with Gasteiger partial charge in [-0.05, 0) is 50.2 Å². The summed E-state index contributed by atoms with van der Waals surface area (Å²) < 4.78 is 5.68. The Kier molecular flexibility index (Phi) is 5.23. The lowest BCUT2D eigenvalue weighted by Gasteiger charge is -2.38. The molecule has 0 fully saturated rings. The molecule has 0 aliphatic carbocycles. The van der Waals surface area contributed by atoms with E-state index in [4.69, 9.17) is 27.9 Å². The molecule has 0 unspecified atom stereocenters. The number of rotatable bonds is 4. The average Bonchev–Trinajstić information content (AvgIpc) is 2.57. The summed E-state index contributed by atoms with van der Waals surface area (Å²) in [6, 6.07) is 8.71. The van der Waals surface area contributed by atoms with E-state index in [-0.39, 0.29) is 17.8 Å². The number of ether oxygens (including phenoxy) is 1. The Morgan fingerprint density at radius 1 is 1.14 bits per heavy atom. The molecule has 0 saturated carbocycles. The fourth-order valence-electron chi connectivity index (χ4n) is 2.83. The number of hydrogen-bond acceptors (Lipinski definition) is 4. The minimum atomic E-state index is -1.21. The van der Waals surface area contributed by atoms with E-state index in [0.717, 1.165) is 0 Å². The molecule has 2 aromatic carbocycles. The van der Waals surface area contributed by atoms with Gasteiger partial charge in [-0.15, -0.1) is 0 Å². The predicted octanol–water partition coefficient (Wildman–Crippen LogP) is 3.83. The first-order valence-corrected chi connectivity index (χ1v) is 8.97. The summed E-state index contributed by atoms with van der Waals surface area (Å²) in [6.45, 7) is 2.81. The van der Waals surface area contributed by atoms with Gasteiger partial charge in [0, 0.05) is 15.7 Å². The highest BCUT2D eigenvalue weighted by Crippen LogP contribution is 2.38. The number of anilines is 2. The van der Waals surface area contributed by atoms with Crippen LogP contribution in [0, 0.1) is 0 Å². The second-order valence-electron chi connectivity index (χ2n) is 6.70. The quantitative estimate of drug-likeness (QED) is 0.779. The Morgan fingerprint density at radius 3 is 2.39 bits per heavy atom. The summed E-state index contributed by atoms with van der Waals surface area (Å²) in [5.41, 5.74) is -0.649. The highest BCUT2D eigenvalue weighted by Gasteiger charge is 2.41. The van der Waals surface area contributed by atoms with Crippen molar-refractivity contribution >= 4 is 52.4 Å². The van der Waals surface area contributed by atoms with Gasteiger partial charge in [0.05, 0.1) is 11.3 Å². The minimum absolute atomic E-state index is 0.0260. The molecule has 2 aromatic rings. The number of carbonyl (C=O) groups excluding carboxylic acids is 2. The van der Waals surface area contributed by atoms with Crippen molar-refractivity contribution in [2.45, 2.75) is 19.4 Å². The predicted molar refractivity (Wildman–Crippen MR) is 106 cm³/mol. The average molecular weight is 423 g/mol. The largest absolute Gasteiger partial charge is 0.478 e. The third kappa shape index (κ3) is 4.05. The molecule has 0 atom stereocenters. The Morgan fingerprint density at radius 2 is 1.79 bits per heavy atom. The van der Waals surface area contributed by atoms with Gasteiger partial charge in [-0.25, -0.2) is 4.79 Å². The van der Waals surface area contributed by atoms with Crippen LogP contribution in [0.1, 0.15) is 24.2 Å². The fraction of sp³-hybridized carbons (Fsp3) is 0.211. The third-order valence-corrected chi connectivity index (χ3v) is 4.51. The van der Waals surface area contributed by atoms with Gasteiger partial charge in [-0.1, -0.05) is 23.2 Å². The van der Waals surface area contributed by atoms with E-state index >= 15 is 0 Å². The van der Waals surface area contributed by atoms with Crippen molar-refractivity contribution in [1.82, 2.24) is 0 Å². The van der Waals surface area contributed by atoms with Gasteiger partial charge >= 0.3 is 5.97 Å². The van der Waals surface area contributed by atoms with Gasteiger partial charge in [0.25, 0.3) is 5.91 Å². The van der Waals surface area contributed by atoms with E-state index in [9.17, 15) is 19.5 Å². The van der Waals surface area contributed by atoms with Gasteiger partial charge in [0.1, 0.15) is 12.3 Å². The molecule has 28 heavy (non-hydrogen) atoms. The lowest BCUT2D eigenvalue weighted by Crippen LogP contribution is -2.54. The number of amides is 2. The van der Waals surface area contributed by atoms with E-state index in [2.05, 4.69) is 5.32 Å². The Hall–Kier alpha value is -2.77. The minimum Gasteiger partial charge on any atom is -0.478 e. The molecule has 1 heterocycles. The van der Waals surface area contributed by atoms with Crippen LogP contribution in [0.25, 0.3) is 0 Å². The number of nitrogens with zero attached hydrogens (tertiary/aromatic N) is 1. The zero-order valence-electron chi connectivity index (χ0n) is 15.0. The molecular weight excluding hydrogens is 407 g/mol. The number of aromatic carboxylic acids is 1. The second-order valence-corrected chi connectivity index (χ2v) is 7.57. The number of carbonyl (C=O) groups is 3. The molecule has 3 rings (SSSR count). The third-order valence-electron chi connectivity index (χ3n) is 4.07. The van der Waals surface area contributed by atoms with Crippen LogP contribution in [0.5, 0.6) is 5.75 Å². The van der Waals surface area contributed by atoms with Gasteiger partial charge in [0.2, 0.25) is 5.91 Å². The summed E-state index contributed by atoms with van der Waals surface area (Å²) in [4.78, 5) is 37.8. The van der Waals surface area contributed by atoms with Gasteiger partial charge in [0.15, 0.2) is 5.60 Å². The maximum absolute atomic E-state index is 12.8. The van der Waals surface area contributed by atoms with E-state index in [1.807, 2.05) is 0 Å². The van der Waals surface area contributed by atoms with E-state index < -0.39 is 23.4 Å². The molecule has 1 aliphatic rings. The molecule has 0 radical (unpaired) electrons. The smallest absolute Gasteiger partial charge is 0.335 e. The highest BCUT2D eigenvalue weighted by molar-refractivity contribution is 6.35. The number of nitrogens with one attached hydrogen (secondary N) is 1.